The lowest BCUT2D eigenvalue weighted by Gasteiger charge is -2.59. The first-order chi connectivity index (χ1) is 13.2. The van der Waals surface area contributed by atoms with Gasteiger partial charge in [-0.3, -0.25) is 4.79 Å². The number of aromatic nitrogens is 1. The van der Waals surface area contributed by atoms with Crippen LogP contribution < -0.4 is 5.32 Å². The molecule has 0 bridgehead atoms. The van der Waals surface area contributed by atoms with Crippen LogP contribution in [0.3, 0.4) is 0 Å². The van der Waals surface area contributed by atoms with Crippen LogP contribution in [0, 0.1) is 28.1 Å². The third kappa shape index (κ3) is 3.23. The Bertz CT molecular complexity index is 832. The van der Waals surface area contributed by atoms with Gasteiger partial charge in [-0.15, -0.1) is 6.58 Å². The topological polar surface area (TPSA) is 42.0 Å². The third-order valence-corrected chi connectivity index (χ3v) is 9.55. The van der Waals surface area contributed by atoms with Crippen LogP contribution in [0.1, 0.15) is 65.7 Å². The Hall–Kier alpha value is -0.940. The molecule has 1 N–H and O–H groups in total. The molecule has 0 spiro atoms. The average Bonchev–Trinajstić information content (AvgIpc) is 3.06. The number of carbonyl (C=O) groups excluding carboxylic acids is 1. The lowest BCUT2D eigenvalue weighted by Crippen LogP contribution is -2.55. The normalized spacial score (nSPS) is 40.1. The Balaban J connectivity index is 1.62. The molecule has 3 aliphatic rings. The van der Waals surface area contributed by atoms with Gasteiger partial charge in [0.05, 0.1) is 15.4 Å². The molecule has 1 amide bonds. The third-order valence-electron chi connectivity index (χ3n) is 8.16. The zero-order valence-corrected chi connectivity index (χ0v) is 19.6. The molecular formula is C23H31BrN2OS. The average molecular weight is 463 g/mol. The van der Waals surface area contributed by atoms with E-state index >= 15 is 0 Å². The molecule has 3 nitrogen and oxygen atoms in total. The zero-order valence-electron chi connectivity index (χ0n) is 17.2. The fourth-order valence-corrected chi connectivity index (χ4v) is 7.53. The molecule has 5 atom stereocenters. The number of allylic oxidation sites excluding steroid dienone is 3. The van der Waals surface area contributed by atoms with Crippen LogP contribution in [0.15, 0.2) is 34.3 Å². The number of nitrogens with one attached hydrogen (secondary N) is 1. The number of carbonyl (C=O) groups is 1. The summed E-state index contributed by atoms with van der Waals surface area (Å²) in [6.07, 6.45) is 14.3. The van der Waals surface area contributed by atoms with E-state index in [0.29, 0.717) is 17.0 Å². The molecule has 1 heterocycles. The van der Waals surface area contributed by atoms with Crippen molar-refractivity contribution in [3.8, 4) is 0 Å². The van der Waals surface area contributed by atoms with Gasteiger partial charge in [-0.2, -0.15) is 0 Å². The maximum Gasteiger partial charge on any atom is 0.232 e. The highest BCUT2D eigenvalue weighted by Crippen LogP contribution is 2.63. The van der Waals surface area contributed by atoms with Crippen molar-refractivity contribution in [2.75, 3.05) is 5.32 Å². The molecule has 5 heteroatoms. The SMILES string of the molecule is C=CC1(C)CCC2C(=CCC3C(C)(C(=O)Nc4ncc(Br)s4)CCCC23C)C1. The first-order valence-corrected chi connectivity index (χ1v) is 12.1. The predicted molar refractivity (Wildman–Crippen MR) is 120 cm³/mol. The molecule has 3 aliphatic carbocycles. The first-order valence-electron chi connectivity index (χ1n) is 10.5. The highest BCUT2D eigenvalue weighted by Gasteiger charge is 2.57. The van der Waals surface area contributed by atoms with Crippen LogP contribution in [0.5, 0.6) is 0 Å². The van der Waals surface area contributed by atoms with Gasteiger partial charge < -0.3 is 5.32 Å². The minimum atomic E-state index is -0.341. The molecular weight excluding hydrogens is 432 g/mol. The number of nitrogens with zero attached hydrogens (tertiary/aromatic N) is 1. The predicted octanol–water partition coefficient (Wildman–Crippen LogP) is 6.98. The minimum Gasteiger partial charge on any atom is -0.301 e. The monoisotopic (exact) mass is 462 g/mol. The Morgan fingerprint density at radius 3 is 2.82 bits per heavy atom. The van der Waals surface area contributed by atoms with Crippen LogP contribution >= 0.6 is 27.3 Å². The van der Waals surface area contributed by atoms with Crippen molar-refractivity contribution >= 4 is 38.3 Å². The van der Waals surface area contributed by atoms with Crippen molar-refractivity contribution in [3.05, 3.63) is 34.3 Å². The second-order valence-corrected chi connectivity index (χ2v) is 12.3. The van der Waals surface area contributed by atoms with Crippen molar-refractivity contribution in [3.63, 3.8) is 0 Å². The summed E-state index contributed by atoms with van der Waals surface area (Å²) in [5, 5.41) is 3.81. The summed E-state index contributed by atoms with van der Waals surface area (Å²) in [6.45, 7) is 11.1. The molecule has 2 fully saturated rings. The van der Waals surface area contributed by atoms with E-state index in [1.165, 1.54) is 30.6 Å². The largest absolute Gasteiger partial charge is 0.301 e. The summed E-state index contributed by atoms with van der Waals surface area (Å²) in [5.74, 6) is 1.15. The van der Waals surface area contributed by atoms with E-state index in [2.05, 4.69) is 65.7 Å². The van der Waals surface area contributed by atoms with Crippen LogP contribution in [-0.2, 0) is 4.79 Å². The quantitative estimate of drug-likeness (QED) is 0.492. The van der Waals surface area contributed by atoms with E-state index in [1.807, 2.05) is 0 Å². The van der Waals surface area contributed by atoms with Crippen LogP contribution in [0.2, 0.25) is 0 Å². The number of hydrogen-bond donors (Lipinski definition) is 1. The lowest BCUT2D eigenvalue weighted by molar-refractivity contribution is -0.139. The van der Waals surface area contributed by atoms with E-state index in [-0.39, 0.29) is 22.2 Å². The van der Waals surface area contributed by atoms with Gasteiger partial charge in [0.15, 0.2) is 5.13 Å². The number of amides is 1. The maximum atomic E-state index is 13.4. The second kappa shape index (κ2) is 7.09. The lowest BCUT2D eigenvalue weighted by atomic mass is 9.45. The van der Waals surface area contributed by atoms with Gasteiger partial charge in [0.25, 0.3) is 0 Å². The Kier molecular flexibility index (Phi) is 5.15. The van der Waals surface area contributed by atoms with Crippen LogP contribution in [0.25, 0.3) is 0 Å². The number of fused-ring (bicyclic) bond motifs is 3. The van der Waals surface area contributed by atoms with Crippen molar-refractivity contribution in [1.82, 2.24) is 4.98 Å². The molecule has 0 radical (unpaired) electrons. The molecule has 0 saturated heterocycles. The van der Waals surface area contributed by atoms with Crippen molar-refractivity contribution < 1.29 is 4.79 Å². The zero-order chi connectivity index (χ0) is 20.2. The molecule has 2 saturated carbocycles. The second-order valence-electron chi connectivity index (χ2n) is 9.89. The highest BCUT2D eigenvalue weighted by atomic mass is 79.9. The van der Waals surface area contributed by atoms with Gasteiger partial charge >= 0.3 is 0 Å². The van der Waals surface area contributed by atoms with E-state index < -0.39 is 0 Å². The molecule has 0 aliphatic heterocycles. The summed E-state index contributed by atoms with van der Waals surface area (Å²) >= 11 is 4.92. The van der Waals surface area contributed by atoms with E-state index in [9.17, 15) is 4.79 Å². The highest BCUT2D eigenvalue weighted by molar-refractivity contribution is 9.11. The molecule has 28 heavy (non-hydrogen) atoms. The smallest absolute Gasteiger partial charge is 0.232 e. The van der Waals surface area contributed by atoms with Crippen molar-refractivity contribution in [1.29, 1.82) is 0 Å². The maximum absolute atomic E-state index is 13.4. The van der Waals surface area contributed by atoms with Crippen LogP contribution in [-0.4, -0.2) is 10.9 Å². The van der Waals surface area contributed by atoms with E-state index in [1.54, 1.807) is 11.8 Å². The summed E-state index contributed by atoms with van der Waals surface area (Å²) in [6, 6.07) is 0. The fraction of sp³-hybridized carbons (Fsp3) is 0.652. The molecule has 1 aromatic heterocycles. The Morgan fingerprint density at radius 2 is 2.14 bits per heavy atom. The number of rotatable bonds is 3. The molecule has 0 aromatic carbocycles. The summed E-state index contributed by atoms with van der Waals surface area (Å²) in [5.41, 5.74) is 1.73. The first kappa shape index (κ1) is 20.3. The minimum absolute atomic E-state index is 0.147. The number of anilines is 1. The summed E-state index contributed by atoms with van der Waals surface area (Å²) < 4.78 is 0.944. The number of thiazole rings is 1. The van der Waals surface area contributed by atoms with Gasteiger partial charge in [-0.05, 0) is 77.1 Å². The summed E-state index contributed by atoms with van der Waals surface area (Å²) in [4.78, 5) is 17.7. The summed E-state index contributed by atoms with van der Waals surface area (Å²) in [7, 11) is 0. The Labute approximate surface area is 181 Å². The standard InChI is InChI=1S/C23H31BrN2OS/c1-5-21(2)12-9-16-15(13-21)7-8-17-22(16,3)10-6-11-23(17,4)19(27)26-20-25-14-18(24)28-20/h5,7,14,16-17H,1,6,8-13H2,2-4H3,(H,25,26,27). The van der Waals surface area contributed by atoms with E-state index in [0.717, 1.165) is 29.5 Å². The van der Waals surface area contributed by atoms with Crippen molar-refractivity contribution in [2.45, 2.75) is 65.7 Å². The molecule has 4 rings (SSSR count). The molecule has 152 valence electrons. The molecule has 5 unspecified atom stereocenters. The van der Waals surface area contributed by atoms with Gasteiger partial charge in [-0.25, -0.2) is 4.98 Å². The van der Waals surface area contributed by atoms with Gasteiger partial charge in [0, 0.05) is 0 Å². The van der Waals surface area contributed by atoms with Gasteiger partial charge in [-0.1, -0.05) is 56.3 Å². The molecule has 1 aromatic rings. The number of hydrogen-bond acceptors (Lipinski definition) is 3. The van der Waals surface area contributed by atoms with Crippen molar-refractivity contribution in [2.24, 2.45) is 28.1 Å². The Morgan fingerprint density at radius 1 is 1.36 bits per heavy atom. The van der Waals surface area contributed by atoms with Crippen LogP contribution in [0.4, 0.5) is 5.13 Å². The van der Waals surface area contributed by atoms with Gasteiger partial charge in [0.2, 0.25) is 5.91 Å². The number of halogens is 1. The van der Waals surface area contributed by atoms with Gasteiger partial charge in [0.1, 0.15) is 0 Å². The fourth-order valence-electron chi connectivity index (χ4n) is 6.43. The van der Waals surface area contributed by atoms with E-state index in [4.69, 9.17) is 0 Å².